The number of nitro groups is 1. The molecule has 0 aromatic heterocycles. The van der Waals surface area contributed by atoms with Gasteiger partial charge in [0.2, 0.25) is 0 Å². The molecule has 2 aromatic rings. The van der Waals surface area contributed by atoms with Gasteiger partial charge in [-0.25, -0.2) is 5.43 Å². The number of non-ortho nitro benzene ring substituents is 1. The smallest absolute Gasteiger partial charge is 0.270 e. The number of anilines is 1. The second-order valence-corrected chi connectivity index (χ2v) is 5.45. The molecule has 1 amide bonds. The van der Waals surface area contributed by atoms with E-state index in [0.717, 1.165) is 35.7 Å². The van der Waals surface area contributed by atoms with E-state index in [9.17, 15) is 20.0 Å². The Bertz CT molecular complexity index is 803. The van der Waals surface area contributed by atoms with E-state index in [1.165, 1.54) is 0 Å². The van der Waals surface area contributed by atoms with E-state index >= 15 is 0 Å². The molecule has 0 bridgehead atoms. The molecule has 1 atom stereocenters. The van der Waals surface area contributed by atoms with Crippen LogP contribution in [0.5, 0.6) is 5.75 Å². The minimum Gasteiger partial charge on any atom is -0.872 e. The predicted molar refractivity (Wildman–Crippen MR) is 92.5 cm³/mol. The van der Waals surface area contributed by atoms with Crippen LogP contribution >= 0.6 is 0 Å². The number of amides is 1. The van der Waals surface area contributed by atoms with E-state index in [4.69, 9.17) is 0 Å². The van der Waals surface area contributed by atoms with Crippen molar-refractivity contribution in [3.8, 4) is 5.75 Å². The summed E-state index contributed by atoms with van der Waals surface area (Å²) in [6.07, 6.45) is 1.09. The molecule has 130 valence electrons. The molecule has 0 aliphatic heterocycles. The summed E-state index contributed by atoms with van der Waals surface area (Å²) < 4.78 is 0. The van der Waals surface area contributed by atoms with Gasteiger partial charge >= 0.3 is 0 Å². The van der Waals surface area contributed by atoms with Crippen molar-refractivity contribution in [2.45, 2.75) is 19.9 Å². The number of nitrogens with zero attached hydrogens (tertiary/aromatic N) is 2. The van der Waals surface area contributed by atoms with Gasteiger partial charge in [-0.05, 0) is 31.5 Å². The molecule has 0 aliphatic carbocycles. The summed E-state index contributed by atoms with van der Waals surface area (Å²) in [6.45, 7) is 3.63. The molecule has 0 saturated heterocycles. The second kappa shape index (κ2) is 7.91. The zero-order chi connectivity index (χ0) is 18.4. The lowest BCUT2D eigenvalue weighted by Crippen LogP contribution is -2.34. The number of hydrogen-bond acceptors (Lipinski definition) is 6. The molecule has 0 fully saturated rings. The first-order chi connectivity index (χ1) is 11.9. The highest BCUT2D eigenvalue weighted by atomic mass is 16.6. The van der Waals surface area contributed by atoms with Gasteiger partial charge in [0.1, 0.15) is 6.04 Å². The number of hydrazone groups is 1. The molecule has 0 heterocycles. The van der Waals surface area contributed by atoms with Crippen molar-refractivity contribution in [1.82, 2.24) is 5.43 Å². The third kappa shape index (κ3) is 5.03. The van der Waals surface area contributed by atoms with Crippen LogP contribution in [0, 0.1) is 17.0 Å². The van der Waals surface area contributed by atoms with E-state index in [1.807, 2.05) is 31.2 Å². The fourth-order valence-electron chi connectivity index (χ4n) is 1.98. The number of hydrogen-bond donors (Lipinski definition) is 2. The predicted octanol–water partition coefficient (Wildman–Crippen LogP) is 1.93. The van der Waals surface area contributed by atoms with Gasteiger partial charge in [0, 0.05) is 17.8 Å². The maximum atomic E-state index is 12.0. The Morgan fingerprint density at radius 1 is 1.24 bits per heavy atom. The average Bonchev–Trinajstić information content (AvgIpc) is 2.58. The van der Waals surface area contributed by atoms with Crippen LogP contribution in [-0.4, -0.2) is 23.1 Å². The highest BCUT2D eigenvalue weighted by Gasteiger charge is 2.11. The molecule has 2 aromatic carbocycles. The number of carbonyl (C=O) groups excluding carboxylic acids is 1. The SMILES string of the molecule is Cc1ccc(N[C@@H](C)C(=O)N/N=C\c2cc([N+](=O)[O-])ccc2[O-])cc1. The largest absolute Gasteiger partial charge is 0.872 e. The van der Waals surface area contributed by atoms with E-state index in [-0.39, 0.29) is 11.3 Å². The molecule has 2 N–H and O–H groups in total. The van der Waals surface area contributed by atoms with Crippen molar-refractivity contribution in [3.63, 3.8) is 0 Å². The topological polar surface area (TPSA) is 120 Å². The molecule has 8 heteroatoms. The van der Waals surface area contributed by atoms with Gasteiger partial charge in [-0.1, -0.05) is 29.5 Å². The molecule has 0 saturated carbocycles. The van der Waals surface area contributed by atoms with Crippen molar-refractivity contribution >= 4 is 23.5 Å². The third-order valence-electron chi connectivity index (χ3n) is 3.41. The van der Waals surface area contributed by atoms with E-state index < -0.39 is 22.6 Å². The minimum atomic E-state index is -0.608. The standard InChI is InChI=1S/C17H18N4O4/c1-11-3-5-14(6-4-11)19-12(2)17(23)20-18-10-13-9-15(21(24)25)7-8-16(13)22/h3-10,12,19,22H,1-2H3,(H,20,23)/p-1/b18-10-/t12-/m0/s1. The Kier molecular flexibility index (Phi) is 5.67. The number of benzene rings is 2. The normalized spacial score (nSPS) is 11.9. The van der Waals surface area contributed by atoms with Gasteiger partial charge in [0.15, 0.2) is 0 Å². The lowest BCUT2D eigenvalue weighted by molar-refractivity contribution is -0.385. The summed E-state index contributed by atoms with van der Waals surface area (Å²) in [6, 6.07) is 10.3. The fraction of sp³-hybridized carbons (Fsp3) is 0.176. The molecule has 0 aliphatic rings. The van der Waals surface area contributed by atoms with Crippen molar-refractivity contribution in [2.75, 3.05) is 5.32 Å². The Morgan fingerprint density at radius 3 is 2.56 bits per heavy atom. The summed E-state index contributed by atoms with van der Waals surface area (Å²) >= 11 is 0. The lowest BCUT2D eigenvalue weighted by Gasteiger charge is -2.13. The van der Waals surface area contributed by atoms with Crippen molar-refractivity contribution < 1.29 is 14.8 Å². The van der Waals surface area contributed by atoms with Gasteiger partial charge in [0.05, 0.1) is 11.1 Å². The lowest BCUT2D eigenvalue weighted by atomic mass is 10.2. The minimum absolute atomic E-state index is 0.0219. The van der Waals surface area contributed by atoms with Crippen LogP contribution in [-0.2, 0) is 4.79 Å². The third-order valence-corrected chi connectivity index (χ3v) is 3.41. The highest BCUT2D eigenvalue weighted by molar-refractivity contribution is 5.88. The first-order valence-electron chi connectivity index (χ1n) is 7.48. The molecule has 0 radical (unpaired) electrons. The maximum absolute atomic E-state index is 12.0. The van der Waals surface area contributed by atoms with Crippen LogP contribution in [0.25, 0.3) is 0 Å². The summed E-state index contributed by atoms with van der Waals surface area (Å²) in [5.41, 5.74) is 4.00. The number of carbonyl (C=O) groups is 1. The number of rotatable bonds is 6. The Morgan fingerprint density at radius 2 is 1.92 bits per heavy atom. The number of aryl methyl sites for hydroxylation is 1. The summed E-state index contributed by atoms with van der Waals surface area (Å²) in [5.74, 6) is -0.830. The number of nitro benzene ring substituents is 1. The second-order valence-electron chi connectivity index (χ2n) is 5.45. The molecule has 2 rings (SSSR count). The van der Waals surface area contributed by atoms with E-state index in [1.54, 1.807) is 6.92 Å². The first kappa shape index (κ1) is 17.9. The van der Waals surface area contributed by atoms with E-state index in [0.29, 0.717) is 0 Å². The Hall–Kier alpha value is -3.42. The molecule has 8 nitrogen and oxygen atoms in total. The van der Waals surface area contributed by atoms with Gasteiger partial charge in [-0.2, -0.15) is 5.10 Å². The van der Waals surface area contributed by atoms with Gasteiger partial charge in [0.25, 0.3) is 11.6 Å². The van der Waals surface area contributed by atoms with Crippen LogP contribution < -0.4 is 15.8 Å². The zero-order valence-electron chi connectivity index (χ0n) is 13.7. The zero-order valence-corrected chi connectivity index (χ0v) is 13.7. The Balaban J connectivity index is 1.96. The van der Waals surface area contributed by atoms with Gasteiger partial charge in [-0.3, -0.25) is 14.9 Å². The van der Waals surface area contributed by atoms with Crippen LogP contribution in [0.2, 0.25) is 0 Å². The highest BCUT2D eigenvalue weighted by Crippen LogP contribution is 2.19. The maximum Gasteiger partial charge on any atom is 0.270 e. The molecule has 0 spiro atoms. The van der Waals surface area contributed by atoms with Crippen molar-refractivity contribution in [3.05, 3.63) is 63.7 Å². The molecular formula is C17H17N4O4-. The fourth-order valence-corrected chi connectivity index (χ4v) is 1.98. The van der Waals surface area contributed by atoms with Crippen LogP contribution in [0.15, 0.2) is 47.6 Å². The van der Waals surface area contributed by atoms with Gasteiger partial charge < -0.3 is 10.4 Å². The van der Waals surface area contributed by atoms with Crippen LogP contribution in [0.1, 0.15) is 18.1 Å². The summed E-state index contributed by atoms with van der Waals surface area (Å²) in [7, 11) is 0. The molecular weight excluding hydrogens is 324 g/mol. The quantitative estimate of drug-likeness (QED) is 0.472. The van der Waals surface area contributed by atoms with Crippen LogP contribution in [0.4, 0.5) is 11.4 Å². The monoisotopic (exact) mass is 341 g/mol. The van der Waals surface area contributed by atoms with Crippen molar-refractivity contribution in [1.29, 1.82) is 0 Å². The molecule has 25 heavy (non-hydrogen) atoms. The van der Waals surface area contributed by atoms with E-state index in [2.05, 4.69) is 15.8 Å². The van der Waals surface area contributed by atoms with Gasteiger partial charge in [-0.15, -0.1) is 0 Å². The first-order valence-corrected chi connectivity index (χ1v) is 7.48. The number of nitrogens with one attached hydrogen (secondary N) is 2. The van der Waals surface area contributed by atoms with Crippen LogP contribution in [0.3, 0.4) is 0 Å². The molecule has 0 unspecified atom stereocenters. The summed E-state index contributed by atoms with van der Waals surface area (Å²) in [5, 5.41) is 29.1. The summed E-state index contributed by atoms with van der Waals surface area (Å²) in [4.78, 5) is 22.1. The Labute approximate surface area is 144 Å². The van der Waals surface area contributed by atoms with Crippen molar-refractivity contribution in [2.24, 2.45) is 5.10 Å². The average molecular weight is 341 g/mol.